The van der Waals surface area contributed by atoms with E-state index in [1.807, 2.05) is 30.0 Å². The average molecular weight is 365 g/mol. The van der Waals surface area contributed by atoms with Gasteiger partial charge in [0.2, 0.25) is 5.91 Å². The van der Waals surface area contributed by atoms with Crippen molar-refractivity contribution in [1.29, 1.82) is 0 Å². The molecule has 2 aromatic rings. The smallest absolute Gasteiger partial charge is 0.326 e. The van der Waals surface area contributed by atoms with Gasteiger partial charge in [0.1, 0.15) is 0 Å². The third-order valence-corrected chi connectivity index (χ3v) is 6.07. The molecule has 1 N–H and O–H groups in total. The van der Waals surface area contributed by atoms with Gasteiger partial charge in [-0.1, -0.05) is 37.3 Å². The number of rotatable bonds is 3. The summed E-state index contributed by atoms with van der Waals surface area (Å²) in [6, 6.07) is 10.2. The Morgan fingerprint density at radius 3 is 2.56 bits per heavy atom. The Labute approximate surface area is 159 Å². The summed E-state index contributed by atoms with van der Waals surface area (Å²) in [5.74, 6) is 0.153. The monoisotopic (exact) mass is 365 g/mol. The number of hydrogen-bond acceptors (Lipinski definition) is 2. The Morgan fingerprint density at radius 2 is 1.89 bits per heavy atom. The minimum absolute atomic E-state index is 0.0849. The number of carbonyl (C=O) groups excluding carboxylic acids is 1. The highest BCUT2D eigenvalue weighted by atomic mass is 16.2. The van der Waals surface area contributed by atoms with E-state index in [-0.39, 0.29) is 23.4 Å². The first-order valence-corrected chi connectivity index (χ1v) is 9.97. The second-order valence-electron chi connectivity index (χ2n) is 7.64. The fourth-order valence-corrected chi connectivity index (χ4v) is 4.51. The Hall–Kier alpha value is -2.56. The molecule has 0 saturated carbocycles. The zero-order valence-electron chi connectivity index (χ0n) is 16.1. The fourth-order valence-electron chi connectivity index (χ4n) is 4.51. The number of benzene rings is 1. The fraction of sp³-hybridized carbons (Fsp3) is 0.455. The molecule has 27 heavy (non-hydrogen) atoms. The van der Waals surface area contributed by atoms with Crippen LogP contribution in [0.15, 0.2) is 35.1 Å². The Balaban J connectivity index is 1.83. The lowest BCUT2D eigenvalue weighted by Gasteiger charge is -2.28. The zero-order chi connectivity index (χ0) is 19.0. The molecule has 0 radical (unpaired) electrons. The molecule has 2 atom stereocenters. The van der Waals surface area contributed by atoms with Crippen molar-refractivity contribution in [2.45, 2.75) is 39.7 Å². The number of aromatic amines is 1. The van der Waals surface area contributed by atoms with Gasteiger partial charge in [0, 0.05) is 31.7 Å². The van der Waals surface area contributed by atoms with Crippen LogP contribution in [-0.2, 0) is 17.8 Å². The zero-order valence-corrected chi connectivity index (χ0v) is 16.1. The van der Waals surface area contributed by atoms with Crippen molar-refractivity contribution < 1.29 is 4.79 Å². The molecule has 1 fully saturated rings. The summed E-state index contributed by atoms with van der Waals surface area (Å²) >= 11 is 0. The molecule has 2 heterocycles. The Bertz CT molecular complexity index is 917. The number of nitrogens with one attached hydrogen (secondary N) is 1. The highest BCUT2D eigenvalue weighted by molar-refractivity contribution is 5.89. The van der Waals surface area contributed by atoms with Crippen LogP contribution in [0.5, 0.6) is 0 Å². The van der Waals surface area contributed by atoms with Crippen LogP contribution in [0.3, 0.4) is 0 Å². The second kappa shape index (κ2) is 7.22. The average Bonchev–Trinajstić information content (AvgIpc) is 3.29. The van der Waals surface area contributed by atoms with Crippen LogP contribution in [0.1, 0.15) is 43.6 Å². The van der Waals surface area contributed by atoms with E-state index in [2.05, 4.69) is 30.1 Å². The van der Waals surface area contributed by atoms with Gasteiger partial charge in [-0.15, -0.1) is 0 Å². The predicted molar refractivity (Wildman–Crippen MR) is 107 cm³/mol. The van der Waals surface area contributed by atoms with Gasteiger partial charge >= 0.3 is 5.69 Å². The topological polar surface area (TPSA) is 58.1 Å². The molecule has 0 bridgehead atoms. The lowest BCUT2D eigenvalue weighted by Crippen LogP contribution is -2.38. The first kappa shape index (κ1) is 17.8. The molecule has 1 aliphatic carbocycles. The summed E-state index contributed by atoms with van der Waals surface area (Å²) in [7, 11) is 0. The normalized spacial score (nSPS) is 22.3. The van der Waals surface area contributed by atoms with Crippen LogP contribution in [-0.4, -0.2) is 33.4 Å². The summed E-state index contributed by atoms with van der Waals surface area (Å²) in [5.41, 5.74) is 3.97. The molecular formula is C22H27N3O2. The number of imidazole rings is 1. The number of aromatic nitrogens is 2. The lowest BCUT2D eigenvalue weighted by atomic mass is 9.82. The van der Waals surface area contributed by atoms with E-state index >= 15 is 0 Å². The highest BCUT2D eigenvalue weighted by Crippen LogP contribution is 2.37. The number of fused-ring (bicyclic) bond motifs is 1. The molecule has 1 aromatic carbocycles. The molecular weight excluding hydrogens is 338 g/mol. The third kappa shape index (κ3) is 3.15. The van der Waals surface area contributed by atoms with Crippen LogP contribution in [0, 0.1) is 11.8 Å². The third-order valence-electron chi connectivity index (χ3n) is 6.07. The molecule has 5 nitrogen and oxygen atoms in total. The maximum atomic E-state index is 13.3. The summed E-state index contributed by atoms with van der Waals surface area (Å²) in [4.78, 5) is 30.7. The predicted octanol–water partition coefficient (Wildman–Crippen LogP) is 3.17. The van der Waals surface area contributed by atoms with Crippen LogP contribution in [0.4, 0.5) is 0 Å². The largest absolute Gasteiger partial charge is 0.342 e. The number of allylic oxidation sites excluding steroid dienone is 1. The van der Waals surface area contributed by atoms with Gasteiger partial charge in [0.05, 0.1) is 11.6 Å². The van der Waals surface area contributed by atoms with Gasteiger partial charge in [0.15, 0.2) is 0 Å². The van der Waals surface area contributed by atoms with E-state index in [0.717, 1.165) is 48.5 Å². The van der Waals surface area contributed by atoms with Crippen molar-refractivity contribution in [2.24, 2.45) is 11.8 Å². The molecule has 1 saturated heterocycles. The molecule has 1 amide bonds. The summed E-state index contributed by atoms with van der Waals surface area (Å²) < 4.78 is 1.77. The SMILES string of the molecule is CCn1c2c([nH]c1=O)C[C@H](C(=O)N1CCCC1)[C@H](C)C(c1ccccc1)=C2. The van der Waals surface area contributed by atoms with E-state index in [9.17, 15) is 9.59 Å². The van der Waals surface area contributed by atoms with E-state index < -0.39 is 0 Å². The minimum atomic E-state index is -0.154. The van der Waals surface area contributed by atoms with Gasteiger partial charge in [-0.3, -0.25) is 9.36 Å². The molecule has 0 unspecified atom stereocenters. The van der Waals surface area contributed by atoms with Crippen molar-refractivity contribution in [3.63, 3.8) is 0 Å². The Morgan fingerprint density at radius 1 is 1.19 bits per heavy atom. The van der Waals surface area contributed by atoms with Crippen molar-refractivity contribution in [3.05, 3.63) is 57.8 Å². The van der Waals surface area contributed by atoms with E-state index in [0.29, 0.717) is 13.0 Å². The first-order chi connectivity index (χ1) is 13.1. The number of nitrogens with zero attached hydrogens (tertiary/aromatic N) is 2. The number of H-pyrrole nitrogens is 1. The number of amides is 1. The van der Waals surface area contributed by atoms with Crippen molar-refractivity contribution in [3.8, 4) is 0 Å². The number of carbonyl (C=O) groups is 1. The number of likely N-dealkylation sites (tertiary alicyclic amines) is 1. The van der Waals surface area contributed by atoms with Gasteiger partial charge < -0.3 is 9.88 Å². The van der Waals surface area contributed by atoms with Crippen LogP contribution in [0.2, 0.25) is 0 Å². The standard InChI is InChI=1S/C22H27N3O2/c1-3-25-20-14-17(16-9-5-4-6-10-16)15(2)18(13-19(20)23-22(25)27)21(26)24-11-7-8-12-24/h4-6,9-10,14-15,18H,3,7-8,11-13H2,1-2H3,(H,23,27)/t15-,18+/m1/s1. The van der Waals surface area contributed by atoms with Crippen LogP contribution in [0.25, 0.3) is 11.6 Å². The van der Waals surface area contributed by atoms with Gasteiger partial charge in [-0.25, -0.2) is 4.79 Å². The van der Waals surface area contributed by atoms with E-state index in [4.69, 9.17) is 0 Å². The molecule has 5 heteroatoms. The molecule has 4 rings (SSSR count). The van der Waals surface area contributed by atoms with Crippen LogP contribution >= 0.6 is 0 Å². The Kier molecular flexibility index (Phi) is 4.77. The van der Waals surface area contributed by atoms with Gasteiger partial charge in [0.25, 0.3) is 0 Å². The first-order valence-electron chi connectivity index (χ1n) is 9.97. The maximum absolute atomic E-state index is 13.3. The maximum Gasteiger partial charge on any atom is 0.326 e. The number of hydrogen-bond donors (Lipinski definition) is 1. The summed E-state index contributed by atoms with van der Waals surface area (Å²) in [6.45, 7) is 6.45. The summed E-state index contributed by atoms with van der Waals surface area (Å²) in [5, 5.41) is 0. The van der Waals surface area contributed by atoms with Crippen LogP contribution < -0.4 is 5.69 Å². The van der Waals surface area contributed by atoms with Gasteiger partial charge in [-0.2, -0.15) is 0 Å². The van der Waals surface area contributed by atoms with Crippen molar-refractivity contribution in [1.82, 2.24) is 14.5 Å². The minimum Gasteiger partial charge on any atom is -0.342 e. The van der Waals surface area contributed by atoms with E-state index in [1.54, 1.807) is 4.57 Å². The summed E-state index contributed by atoms with van der Waals surface area (Å²) in [6.07, 6.45) is 4.87. The lowest BCUT2D eigenvalue weighted by molar-refractivity contribution is -0.135. The second-order valence-corrected chi connectivity index (χ2v) is 7.64. The molecule has 1 aromatic heterocycles. The molecule has 0 spiro atoms. The van der Waals surface area contributed by atoms with Gasteiger partial charge in [-0.05, 0) is 42.9 Å². The van der Waals surface area contributed by atoms with Crippen molar-refractivity contribution >= 4 is 17.6 Å². The quantitative estimate of drug-likeness (QED) is 0.908. The molecule has 142 valence electrons. The molecule has 2 aliphatic rings. The molecule has 1 aliphatic heterocycles. The highest BCUT2D eigenvalue weighted by Gasteiger charge is 2.36. The van der Waals surface area contributed by atoms with E-state index in [1.165, 1.54) is 0 Å². The van der Waals surface area contributed by atoms with Crippen molar-refractivity contribution in [2.75, 3.05) is 13.1 Å².